The van der Waals surface area contributed by atoms with Gasteiger partial charge in [0.2, 0.25) is 0 Å². The minimum Gasteiger partial charge on any atom is -0.303 e. The highest BCUT2D eigenvalue weighted by atomic mass is 16.1. The zero-order valence-electron chi connectivity index (χ0n) is 11.3. The standard InChI is InChI=1S/C14H27NO/c1-11(2)9-15(10-12(3)4)8-7-13-5-6-14(13)16/h11-13H,5-10H2,1-4H3. The average molecular weight is 225 g/mol. The van der Waals surface area contributed by atoms with Crippen molar-refractivity contribution in [2.45, 2.75) is 47.0 Å². The normalized spacial score (nSPS) is 20.9. The lowest BCUT2D eigenvalue weighted by Gasteiger charge is -2.30. The quantitative estimate of drug-likeness (QED) is 0.664. The lowest BCUT2D eigenvalue weighted by Crippen LogP contribution is -2.36. The van der Waals surface area contributed by atoms with E-state index < -0.39 is 0 Å². The summed E-state index contributed by atoms with van der Waals surface area (Å²) in [6.45, 7) is 12.5. The molecule has 0 amide bonds. The first-order valence-electron chi connectivity index (χ1n) is 6.74. The number of rotatable bonds is 7. The van der Waals surface area contributed by atoms with Gasteiger partial charge in [-0.25, -0.2) is 0 Å². The highest BCUT2D eigenvalue weighted by Gasteiger charge is 2.27. The average Bonchev–Trinajstić information content (AvgIpc) is 2.13. The molecule has 0 radical (unpaired) electrons. The van der Waals surface area contributed by atoms with Gasteiger partial charge < -0.3 is 4.90 Å². The van der Waals surface area contributed by atoms with Crippen molar-refractivity contribution in [3.05, 3.63) is 0 Å². The first-order valence-corrected chi connectivity index (χ1v) is 6.74. The molecule has 2 heteroatoms. The van der Waals surface area contributed by atoms with Crippen LogP contribution in [0, 0.1) is 17.8 Å². The fourth-order valence-electron chi connectivity index (χ4n) is 2.40. The van der Waals surface area contributed by atoms with Crippen LogP contribution in [0.15, 0.2) is 0 Å². The van der Waals surface area contributed by atoms with Gasteiger partial charge in [-0.2, -0.15) is 0 Å². The summed E-state index contributed by atoms with van der Waals surface area (Å²) in [5.74, 6) is 2.32. The molecule has 0 spiro atoms. The maximum atomic E-state index is 11.3. The van der Waals surface area contributed by atoms with Gasteiger partial charge in [0.25, 0.3) is 0 Å². The molecule has 1 aliphatic carbocycles. The van der Waals surface area contributed by atoms with Gasteiger partial charge in [-0.1, -0.05) is 27.7 Å². The van der Waals surface area contributed by atoms with Crippen molar-refractivity contribution in [2.24, 2.45) is 17.8 Å². The number of hydrogen-bond donors (Lipinski definition) is 0. The monoisotopic (exact) mass is 225 g/mol. The van der Waals surface area contributed by atoms with E-state index >= 15 is 0 Å². The zero-order chi connectivity index (χ0) is 12.1. The molecule has 1 saturated carbocycles. The molecule has 1 rings (SSSR count). The predicted molar refractivity (Wildman–Crippen MR) is 68.5 cm³/mol. The number of nitrogens with zero attached hydrogens (tertiary/aromatic N) is 1. The smallest absolute Gasteiger partial charge is 0.136 e. The third kappa shape index (κ3) is 4.65. The van der Waals surface area contributed by atoms with Crippen LogP contribution < -0.4 is 0 Å². The minimum absolute atomic E-state index is 0.391. The predicted octanol–water partition coefficient (Wildman–Crippen LogP) is 2.97. The highest BCUT2D eigenvalue weighted by molar-refractivity contribution is 5.86. The Morgan fingerprint density at radius 1 is 1.19 bits per heavy atom. The third-order valence-corrected chi connectivity index (χ3v) is 3.24. The van der Waals surface area contributed by atoms with E-state index in [0.29, 0.717) is 11.7 Å². The van der Waals surface area contributed by atoms with Crippen molar-refractivity contribution < 1.29 is 4.79 Å². The first-order chi connectivity index (χ1) is 7.49. The van der Waals surface area contributed by atoms with Crippen molar-refractivity contribution in [1.29, 1.82) is 0 Å². The number of carbonyl (C=O) groups excluding carboxylic acids is 1. The van der Waals surface area contributed by atoms with Crippen LogP contribution in [0.2, 0.25) is 0 Å². The summed E-state index contributed by atoms with van der Waals surface area (Å²) in [7, 11) is 0. The number of hydrogen-bond acceptors (Lipinski definition) is 2. The van der Waals surface area contributed by atoms with Crippen LogP contribution in [0.25, 0.3) is 0 Å². The van der Waals surface area contributed by atoms with Crippen LogP contribution in [0.3, 0.4) is 0 Å². The number of Topliss-reactive ketones (excluding diaryl/α,β-unsaturated/α-hetero) is 1. The van der Waals surface area contributed by atoms with E-state index in [0.717, 1.165) is 37.6 Å². The Labute approximate surface area is 100 Å². The third-order valence-electron chi connectivity index (χ3n) is 3.24. The lowest BCUT2D eigenvalue weighted by atomic mass is 9.81. The molecule has 16 heavy (non-hydrogen) atoms. The van der Waals surface area contributed by atoms with Crippen molar-refractivity contribution in [3.8, 4) is 0 Å². The van der Waals surface area contributed by atoms with Crippen LogP contribution >= 0.6 is 0 Å². The van der Waals surface area contributed by atoms with E-state index in [1.54, 1.807) is 0 Å². The van der Waals surface area contributed by atoms with Crippen molar-refractivity contribution in [1.82, 2.24) is 4.90 Å². The maximum absolute atomic E-state index is 11.3. The lowest BCUT2D eigenvalue weighted by molar-refractivity contribution is -0.129. The Balaban J connectivity index is 2.28. The topological polar surface area (TPSA) is 20.3 Å². The summed E-state index contributed by atoms with van der Waals surface area (Å²) in [4.78, 5) is 13.8. The fraction of sp³-hybridized carbons (Fsp3) is 0.929. The maximum Gasteiger partial charge on any atom is 0.136 e. The molecule has 94 valence electrons. The zero-order valence-corrected chi connectivity index (χ0v) is 11.3. The second-order valence-corrected chi connectivity index (χ2v) is 6.04. The van der Waals surface area contributed by atoms with Gasteiger partial charge in [-0.15, -0.1) is 0 Å². The van der Waals surface area contributed by atoms with Crippen LogP contribution in [0.4, 0.5) is 0 Å². The molecule has 0 bridgehead atoms. The second kappa shape index (κ2) is 6.39. The van der Waals surface area contributed by atoms with E-state index in [1.807, 2.05) is 0 Å². The van der Waals surface area contributed by atoms with E-state index in [1.165, 1.54) is 13.1 Å². The van der Waals surface area contributed by atoms with Gasteiger partial charge in [0.15, 0.2) is 0 Å². The van der Waals surface area contributed by atoms with E-state index in [9.17, 15) is 4.79 Å². The van der Waals surface area contributed by atoms with E-state index in [4.69, 9.17) is 0 Å². The minimum atomic E-state index is 0.391. The molecule has 0 heterocycles. The van der Waals surface area contributed by atoms with Crippen LogP contribution in [-0.2, 0) is 4.79 Å². The van der Waals surface area contributed by atoms with Crippen LogP contribution in [0.5, 0.6) is 0 Å². The van der Waals surface area contributed by atoms with Crippen molar-refractivity contribution in [3.63, 3.8) is 0 Å². The first kappa shape index (κ1) is 13.7. The molecular formula is C14H27NO. The van der Waals surface area contributed by atoms with E-state index in [-0.39, 0.29) is 0 Å². The summed E-state index contributed by atoms with van der Waals surface area (Å²) in [5, 5.41) is 0. The number of ketones is 1. The Kier molecular flexibility index (Phi) is 5.47. The summed E-state index contributed by atoms with van der Waals surface area (Å²) in [6, 6.07) is 0. The van der Waals surface area contributed by atoms with Crippen molar-refractivity contribution >= 4 is 5.78 Å². The summed E-state index contributed by atoms with van der Waals surface area (Å²) in [5.41, 5.74) is 0. The molecule has 0 aromatic rings. The summed E-state index contributed by atoms with van der Waals surface area (Å²) in [6.07, 6.45) is 3.05. The molecule has 0 aromatic carbocycles. The molecule has 0 aliphatic heterocycles. The number of carbonyl (C=O) groups is 1. The Hall–Kier alpha value is -0.370. The fourth-order valence-corrected chi connectivity index (χ4v) is 2.40. The molecule has 1 aliphatic rings. The molecule has 0 saturated heterocycles. The Morgan fingerprint density at radius 2 is 1.75 bits per heavy atom. The molecule has 0 aromatic heterocycles. The molecule has 1 fully saturated rings. The molecule has 0 N–H and O–H groups in total. The summed E-state index contributed by atoms with van der Waals surface area (Å²) >= 11 is 0. The van der Waals surface area contributed by atoms with Crippen molar-refractivity contribution in [2.75, 3.05) is 19.6 Å². The summed E-state index contributed by atoms with van der Waals surface area (Å²) < 4.78 is 0. The highest BCUT2D eigenvalue weighted by Crippen LogP contribution is 2.25. The second-order valence-electron chi connectivity index (χ2n) is 6.04. The molecule has 2 nitrogen and oxygen atoms in total. The van der Waals surface area contributed by atoms with Gasteiger partial charge >= 0.3 is 0 Å². The molecule has 1 atom stereocenters. The van der Waals surface area contributed by atoms with E-state index in [2.05, 4.69) is 32.6 Å². The van der Waals surface area contributed by atoms with Gasteiger partial charge in [0.05, 0.1) is 0 Å². The van der Waals surface area contributed by atoms with Gasteiger partial charge in [-0.3, -0.25) is 4.79 Å². The molecular weight excluding hydrogens is 198 g/mol. The largest absolute Gasteiger partial charge is 0.303 e. The van der Waals surface area contributed by atoms with Gasteiger partial charge in [0, 0.05) is 25.4 Å². The Bertz CT molecular complexity index is 213. The Morgan fingerprint density at radius 3 is 2.06 bits per heavy atom. The van der Waals surface area contributed by atoms with Crippen LogP contribution in [-0.4, -0.2) is 30.3 Å². The SMILES string of the molecule is CC(C)CN(CCC1CCC1=O)CC(C)C. The van der Waals surface area contributed by atoms with Gasteiger partial charge in [0.1, 0.15) is 5.78 Å². The van der Waals surface area contributed by atoms with Crippen LogP contribution in [0.1, 0.15) is 47.0 Å². The molecule has 1 unspecified atom stereocenters. The van der Waals surface area contributed by atoms with Gasteiger partial charge in [-0.05, 0) is 31.2 Å².